The molecule has 148 valence electrons. The van der Waals surface area contributed by atoms with Crippen LogP contribution in [0.1, 0.15) is 12.0 Å². The number of benzene rings is 2. The largest absolute Gasteiger partial charge is 0.412 e. The van der Waals surface area contributed by atoms with Crippen molar-refractivity contribution in [3.63, 3.8) is 0 Å². The Morgan fingerprint density at radius 3 is 2.76 bits per heavy atom. The van der Waals surface area contributed by atoms with E-state index in [1.807, 2.05) is 41.8 Å². The zero-order chi connectivity index (χ0) is 19.7. The number of nitrogens with one attached hydrogen (secondary N) is 1. The lowest BCUT2D eigenvalue weighted by atomic mass is 10.1. The number of amides is 1. The fraction of sp³-hybridized carbons (Fsp3) is 0.292. The van der Waals surface area contributed by atoms with E-state index in [-0.39, 0.29) is 11.5 Å². The Hall–Kier alpha value is -2.63. The third-order valence-electron chi connectivity index (χ3n) is 6.09. The van der Waals surface area contributed by atoms with Crippen LogP contribution in [-0.2, 0) is 6.54 Å². The van der Waals surface area contributed by atoms with Crippen molar-refractivity contribution in [2.75, 3.05) is 19.6 Å². The molecule has 2 fully saturated rings. The van der Waals surface area contributed by atoms with E-state index in [9.17, 15) is 4.79 Å². The van der Waals surface area contributed by atoms with Crippen molar-refractivity contribution >= 4 is 17.4 Å². The Labute approximate surface area is 175 Å². The second kappa shape index (κ2) is 7.65. The lowest BCUT2D eigenvalue weighted by molar-refractivity contribution is 0.196. The maximum atomic E-state index is 12.5. The maximum absolute atomic E-state index is 12.5. The van der Waals surface area contributed by atoms with Crippen molar-refractivity contribution in [3.05, 3.63) is 77.7 Å². The average Bonchev–Trinajstić information content (AvgIpc) is 3.10. The quantitative estimate of drug-likeness (QED) is 0.627. The lowest BCUT2D eigenvalue weighted by Gasteiger charge is -2.21. The minimum absolute atomic E-state index is 0.223. The van der Waals surface area contributed by atoms with Crippen molar-refractivity contribution < 1.29 is 9.53 Å². The number of hydrogen-bond acceptors (Lipinski definition) is 4. The fourth-order valence-electron chi connectivity index (χ4n) is 4.51. The van der Waals surface area contributed by atoms with Gasteiger partial charge in [-0.15, -0.1) is 11.3 Å². The number of nitrogens with zero attached hydrogens (tertiary/aromatic N) is 1. The Morgan fingerprint density at radius 1 is 1.10 bits per heavy atom. The molecule has 1 amide bonds. The number of para-hydroxylation sites is 1. The summed E-state index contributed by atoms with van der Waals surface area (Å²) < 4.78 is 5.66. The summed E-state index contributed by atoms with van der Waals surface area (Å²) in [5, 5.41) is 5.06. The highest BCUT2D eigenvalue weighted by molar-refractivity contribution is 7.13. The maximum Gasteiger partial charge on any atom is 0.412 e. The molecule has 5 heteroatoms. The number of thiophene rings is 1. The predicted molar refractivity (Wildman–Crippen MR) is 116 cm³/mol. The molecule has 1 saturated heterocycles. The van der Waals surface area contributed by atoms with Crippen molar-refractivity contribution in [2.24, 2.45) is 11.3 Å². The number of carbonyl (C=O) groups excluding carboxylic acids is 1. The van der Waals surface area contributed by atoms with Crippen molar-refractivity contribution in [2.45, 2.75) is 13.0 Å². The summed E-state index contributed by atoms with van der Waals surface area (Å²) in [6.45, 7) is 3.83. The minimum Gasteiger partial charge on any atom is -0.410 e. The number of fused-ring (bicyclic) bond motifs is 1. The number of likely N-dealkylation sites (tertiary alicyclic amines) is 1. The minimum atomic E-state index is -0.365. The van der Waals surface area contributed by atoms with E-state index in [0.717, 1.165) is 30.1 Å². The molecule has 2 atom stereocenters. The molecule has 3 aromatic rings. The third kappa shape index (κ3) is 3.93. The number of rotatable bonds is 6. The van der Waals surface area contributed by atoms with E-state index < -0.39 is 0 Å². The van der Waals surface area contributed by atoms with Crippen molar-refractivity contribution in [1.82, 2.24) is 10.2 Å². The molecule has 2 unspecified atom stereocenters. The van der Waals surface area contributed by atoms with Gasteiger partial charge in [0.2, 0.25) is 0 Å². The molecule has 1 aliphatic heterocycles. The first-order valence-corrected chi connectivity index (χ1v) is 10.9. The van der Waals surface area contributed by atoms with Crippen LogP contribution in [-0.4, -0.2) is 30.6 Å². The van der Waals surface area contributed by atoms with Gasteiger partial charge in [-0.2, -0.15) is 0 Å². The summed E-state index contributed by atoms with van der Waals surface area (Å²) in [5.41, 5.74) is 2.53. The van der Waals surface area contributed by atoms with Gasteiger partial charge in [0.15, 0.2) is 0 Å². The van der Waals surface area contributed by atoms with Gasteiger partial charge in [0.25, 0.3) is 0 Å². The van der Waals surface area contributed by atoms with Crippen LogP contribution in [0.2, 0.25) is 0 Å². The van der Waals surface area contributed by atoms with Gasteiger partial charge in [-0.1, -0.05) is 48.5 Å². The van der Waals surface area contributed by atoms with Crippen molar-refractivity contribution in [3.8, 4) is 16.2 Å². The number of carbonyl (C=O) groups is 1. The Morgan fingerprint density at radius 2 is 1.93 bits per heavy atom. The average molecular weight is 405 g/mol. The zero-order valence-corrected chi connectivity index (χ0v) is 17.0. The second-order valence-corrected chi connectivity index (χ2v) is 9.08. The summed E-state index contributed by atoms with van der Waals surface area (Å²) in [6.07, 6.45) is 0.834. The summed E-state index contributed by atoms with van der Waals surface area (Å²) in [4.78, 5) is 16.1. The molecular formula is C24H24N2O2S. The van der Waals surface area contributed by atoms with Crippen LogP contribution in [0, 0.1) is 11.3 Å². The standard InChI is InChI=1S/C24H24N2O2S/c27-23(28-21-10-5-4-9-20(21)22-11-6-12-29-22)25-16-24-13-19(24)15-26(17-24)14-18-7-2-1-3-8-18/h1-12,19H,13-17H2,(H,25,27). The van der Waals surface area contributed by atoms with E-state index in [2.05, 4.69) is 40.5 Å². The van der Waals surface area contributed by atoms with Gasteiger partial charge in [0.1, 0.15) is 5.75 Å². The van der Waals surface area contributed by atoms with Gasteiger partial charge in [-0.3, -0.25) is 4.90 Å². The Kier molecular flexibility index (Phi) is 4.86. The molecule has 1 aliphatic carbocycles. The first-order valence-electron chi connectivity index (χ1n) is 10.1. The molecule has 5 rings (SSSR count). The lowest BCUT2D eigenvalue weighted by Crippen LogP contribution is -2.35. The van der Waals surface area contributed by atoms with Crippen LogP contribution in [0.5, 0.6) is 5.75 Å². The van der Waals surface area contributed by atoms with Crippen LogP contribution >= 0.6 is 11.3 Å². The van der Waals surface area contributed by atoms with Gasteiger partial charge in [-0.25, -0.2) is 4.79 Å². The van der Waals surface area contributed by atoms with Crippen LogP contribution in [0.25, 0.3) is 10.4 Å². The fourth-order valence-corrected chi connectivity index (χ4v) is 5.27. The Bertz CT molecular complexity index is 989. The molecule has 4 nitrogen and oxygen atoms in total. The van der Waals surface area contributed by atoms with Gasteiger partial charge in [0, 0.05) is 42.0 Å². The van der Waals surface area contributed by atoms with Crippen LogP contribution in [0.15, 0.2) is 72.1 Å². The third-order valence-corrected chi connectivity index (χ3v) is 6.99. The summed E-state index contributed by atoms with van der Waals surface area (Å²) >= 11 is 1.64. The molecule has 29 heavy (non-hydrogen) atoms. The Balaban J connectivity index is 1.17. The van der Waals surface area contributed by atoms with Crippen molar-refractivity contribution in [1.29, 1.82) is 0 Å². The smallest absolute Gasteiger partial charge is 0.410 e. The molecule has 0 bridgehead atoms. The van der Waals surface area contributed by atoms with E-state index in [4.69, 9.17) is 4.74 Å². The predicted octanol–water partition coefficient (Wildman–Crippen LogP) is 5.03. The van der Waals surface area contributed by atoms with Crippen LogP contribution < -0.4 is 10.1 Å². The summed E-state index contributed by atoms with van der Waals surface area (Å²) in [6, 6.07) is 22.3. The highest BCUT2D eigenvalue weighted by atomic mass is 32.1. The first kappa shape index (κ1) is 18.4. The second-order valence-electron chi connectivity index (χ2n) is 8.14. The highest BCUT2D eigenvalue weighted by Crippen LogP contribution is 2.57. The number of hydrogen-bond donors (Lipinski definition) is 1. The van der Waals surface area contributed by atoms with Crippen LogP contribution in [0.4, 0.5) is 4.79 Å². The van der Waals surface area contributed by atoms with Gasteiger partial charge >= 0.3 is 6.09 Å². The molecule has 1 N–H and O–H groups in total. The van der Waals surface area contributed by atoms with E-state index in [1.54, 1.807) is 11.3 Å². The van der Waals surface area contributed by atoms with E-state index in [1.165, 1.54) is 12.0 Å². The number of ether oxygens (including phenoxy) is 1. The zero-order valence-electron chi connectivity index (χ0n) is 16.2. The van der Waals surface area contributed by atoms with Crippen LogP contribution in [0.3, 0.4) is 0 Å². The number of piperidine rings is 1. The summed E-state index contributed by atoms with van der Waals surface area (Å²) in [5.74, 6) is 1.29. The highest BCUT2D eigenvalue weighted by Gasteiger charge is 2.59. The van der Waals surface area contributed by atoms with E-state index in [0.29, 0.717) is 18.2 Å². The SMILES string of the molecule is O=C(NCC12CC1CN(Cc1ccccc1)C2)Oc1ccccc1-c1cccs1. The van der Waals surface area contributed by atoms with Gasteiger partial charge in [0.05, 0.1) is 0 Å². The molecular weight excluding hydrogens is 380 g/mol. The topological polar surface area (TPSA) is 41.6 Å². The summed E-state index contributed by atoms with van der Waals surface area (Å²) in [7, 11) is 0. The van der Waals surface area contributed by atoms with Gasteiger partial charge in [-0.05, 0) is 41.5 Å². The molecule has 2 aliphatic rings. The first-order chi connectivity index (χ1) is 14.2. The monoisotopic (exact) mass is 404 g/mol. The molecule has 0 radical (unpaired) electrons. The molecule has 1 aromatic heterocycles. The molecule has 2 aromatic carbocycles. The normalized spacial score (nSPS) is 22.8. The molecule has 2 heterocycles. The molecule has 1 saturated carbocycles. The van der Waals surface area contributed by atoms with Gasteiger partial charge < -0.3 is 10.1 Å². The molecule has 0 spiro atoms. The van der Waals surface area contributed by atoms with E-state index >= 15 is 0 Å².